The molecule has 318 valence electrons. The van der Waals surface area contributed by atoms with Crippen LogP contribution < -0.4 is 30.2 Å². The summed E-state index contributed by atoms with van der Waals surface area (Å²) in [6.45, 7) is 2.12. The number of rotatable bonds is 6. The summed E-state index contributed by atoms with van der Waals surface area (Å²) < 4.78 is 13.8. The van der Waals surface area contributed by atoms with Gasteiger partial charge < -0.3 is 9.47 Å². The molecule has 0 aliphatic carbocycles. The highest BCUT2D eigenvalue weighted by Crippen LogP contribution is 2.54. The van der Waals surface area contributed by atoms with Crippen molar-refractivity contribution in [1.82, 2.24) is 0 Å². The molecule has 2 aliphatic rings. The van der Waals surface area contributed by atoms with Crippen molar-refractivity contribution in [3.05, 3.63) is 242 Å². The summed E-state index contributed by atoms with van der Waals surface area (Å²) in [4.78, 5) is 0. The van der Waals surface area contributed by atoms with Gasteiger partial charge in [0.2, 0.25) is 0 Å². The van der Waals surface area contributed by atoms with Gasteiger partial charge in [0, 0.05) is 21.9 Å². The van der Waals surface area contributed by atoms with Crippen LogP contribution in [-0.4, -0.2) is 8.07 Å². The van der Waals surface area contributed by atoms with Crippen LogP contribution in [0.3, 0.4) is 0 Å². The highest BCUT2D eigenvalue weighted by Gasteiger charge is 2.42. The van der Waals surface area contributed by atoms with Crippen LogP contribution >= 0.6 is 0 Å². The molecule has 0 fully saturated rings. The fourth-order valence-electron chi connectivity index (χ4n) is 11.8. The maximum atomic E-state index is 7.15. The van der Waals surface area contributed by atoms with Gasteiger partial charge in [0.1, 0.15) is 23.0 Å². The number of benzene rings is 12. The number of aryl methyl sites for hydroxylation is 1. The van der Waals surface area contributed by atoms with Crippen molar-refractivity contribution in [3.63, 3.8) is 0 Å². The fraction of sp³-hybridized carbons (Fsp3) is 0.0154. The molecular weight excluding hydrogens is 841 g/mol. The molecule has 0 amide bonds. The Hall–Kier alpha value is -8.50. The minimum absolute atomic E-state index is 0.878. The zero-order valence-corrected chi connectivity index (χ0v) is 38.3. The van der Waals surface area contributed by atoms with Crippen LogP contribution in [0.1, 0.15) is 5.56 Å². The van der Waals surface area contributed by atoms with Crippen LogP contribution in [0.15, 0.2) is 237 Å². The Bertz CT molecular complexity index is 3870. The van der Waals surface area contributed by atoms with Crippen LogP contribution in [0.2, 0.25) is 0 Å². The predicted molar refractivity (Wildman–Crippen MR) is 287 cm³/mol. The van der Waals surface area contributed by atoms with Gasteiger partial charge in [0.15, 0.2) is 8.07 Å². The van der Waals surface area contributed by atoms with E-state index in [-0.39, 0.29) is 0 Å². The lowest BCUT2D eigenvalue weighted by molar-refractivity contribution is 0.486. The summed E-state index contributed by atoms with van der Waals surface area (Å²) in [6, 6.07) is 87.2. The molecule has 2 aliphatic heterocycles. The van der Waals surface area contributed by atoms with Gasteiger partial charge in [-0.3, -0.25) is 0 Å². The van der Waals surface area contributed by atoms with Gasteiger partial charge in [-0.15, -0.1) is 0 Å². The van der Waals surface area contributed by atoms with Crippen molar-refractivity contribution >= 4 is 71.9 Å². The minimum atomic E-state index is -2.77. The molecule has 12 aromatic rings. The highest BCUT2D eigenvalue weighted by molar-refractivity contribution is 7.19. The molecule has 0 saturated heterocycles. The average molecular weight is 883 g/mol. The first-order valence-corrected chi connectivity index (χ1v) is 25.5. The standard InChI is InChI=1S/C65H42O2Si/c1-41-31-33-46-48-27-15-29-54-56(35-37-58(64(48)54)66-60(46)39-41)62-50-23-11-13-25-52(50)63(53-26-14-12-24-51(53)62)57-36-38-59-65-49(28-16-30-55(57)65)47-34-32-45(40-61(47)67-59)68(42-17-5-2-6-18-42,43-19-7-3-8-20-43)44-21-9-4-10-22-44/h2-40H,1H3. The summed E-state index contributed by atoms with van der Waals surface area (Å²) in [7, 11) is -2.77. The molecule has 68 heavy (non-hydrogen) atoms. The van der Waals surface area contributed by atoms with E-state index >= 15 is 0 Å². The first-order chi connectivity index (χ1) is 33.6. The van der Waals surface area contributed by atoms with E-state index < -0.39 is 8.07 Å². The monoisotopic (exact) mass is 882 g/mol. The molecule has 0 saturated carbocycles. The Kier molecular flexibility index (Phi) is 8.55. The summed E-state index contributed by atoms with van der Waals surface area (Å²) in [5.41, 5.74) is 10.7. The van der Waals surface area contributed by atoms with E-state index in [1.54, 1.807) is 0 Å². The van der Waals surface area contributed by atoms with Gasteiger partial charge in [-0.2, -0.15) is 0 Å². The Labute approximate surface area is 396 Å². The van der Waals surface area contributed by atoms with Crippen molar-refractivity contribution in [2.45, 2.75) is 6.92 Å². The second-order valence-corrected chi connectivity index (χ2v) is 22.1. The van der Waals surface area contributed by atoms with Crippen molar-refractivity contribution in [2.75, 3.05) is 0 Å². The van der Waals surface area contributed by atoms with E-state index in [2.05, 4.69) is 244 Å². The molecule has 3 heteroatoms. The third kappa shape index (κ3) is 5.57. The van der Waals surface area contributed by atoms with Gasteiger partial charge >= 0.3 is 0 Å². The van der Waals surface area contributed by atoms with E-state index in [1.165, 1.54) is 92.0 Å². The summed E-state index contributed by atoms with van der Waals surface area (Å²) >= 11 is 0. The first kappa shape index (κ1) is 38.7. The largest absolute Gasteiger partial charge is 0.456 e. The second kappa shape index (κ2) is 15.0. The van der Waals surface area contributed by atoms with Gasteiger partial charge in [-0.1, -0.05) is 200 Å². The molecule has 0 aromatic heterocycles. The van der Waals surface area contributed by atoms with Crippen LogP contribution in [-0.2, 0) is 0 Å². The van der Waals surface area contributed by atoms with Gasteiger partial charge in [-0.25, -0.2) is 0 Å². The zero-order chi connectivity index (χ0) is 44.9. The molecule has 12 aromatic carbocycles. The number of hydrogen-bond acceptors (Lipinski definition) is 2. The van der Waals surface area contributed by atoms with Gasteiger partial charge in [0.25, 0.3) is 0 Å². The maximum Gasteiger partial charge on any atom is 0.179 e. The molecule has 14 rings (SSSR count). The summed E-state index contributed by atoms with van der Waals surface area (Å²) in [5, 5.41) is 14.8. The average Bonchev–Trinajstić information content (AvgIpc) is 3.40. The lowest BCUT2D eigenvalue weighted by atomic mass is 9.82. The molecule has 0 bridgehead atoms. The summed E-state index contributed by atoms with van der Waals surface area (Å²) in [6.07, 6.45) is 0. The quantitative estimate of drug-likeness (QED) is 0.0941. The van der Waals surface area contributed by atoms with E-state index in [4.69, 9.17) is 9.47 Å². The second-order valence-electron chi connectivity index (χ2n) is 18.3. The van der Waals surface area contributed by atoms with E-state index in [1.807, 2.05) is 0 Å². The third-order valence-electron chi connectivity index (χ3n) is 14.7. The van der Waals surface area contributed by atoms with Crippen LogP contribution in [0.25, 0.3) is 87.6 Å². The van der Waals surface area contributed by atoms with Crippen LogP contribution in [0, 0.1) is 6.92 Å². The molecule has 0 atom stereocenters. The Balaban J connectivity index is 0.967. The highest BCUT2D eigenvalue weighted by atomic mass is 28.3. The zero-order valence-electron chi connectivity index (χ0n) is 37.3. The molecule has 0 radical (unpaired) electrons. The summed E-state index contributed by atoms with van der Waals surface area (Å²) in [5.74, 6) is 3.58. The van der Waals surface area contributed by atoms with Crippen LogP contribution in [0.4, 0.5) is 0 Å². The van der Waals surface area contributed by atoms with E-state index in [9.17, 15) is 0 Å². The fourth-order valence-corrected chi connectivity index (χ4v) is 16.6. The lowest BCUT2D eigenvalue weighted by Crippen LogP contribution is -2.74. The third-order valence-corrected chi connectivity index (χ3v) is 19.4. The Morgan fingerprint density at radius 2 is 0.647 bits per heavy atom. The molecule has 0 N–H and O–H groups in total. The smallest absolute Gasteiger partial charge is 0.179 e. The number of fused-ring (bicyclic) bond motifs is 6. The van der Waals surface area contributed by atoms with Crippen molar-refractivity contribution < 1.29 is 9.47 Å². The first-order valence-electron chi connectivity index (χ1n) is 23.5. The predicted octanol–water partition coefficient (Wildman–Crippen LogP) is 14.9. The molecule has 2 heterocycles. The minimum Gasteiger partial charge on any atom is -0.456 e. The van der Waals surface area contributed by atoms with Gasteiger partial charge in [0.05, 0.1) is 0 Å². The van der Waals surface area contributed by atoms with Crippen molar-refractivity contribution in [3.8, 4) is 67.5 Å². The van der Waals surface area contributed by atoms with Crippen molar-refractivity contribution in [1.29, 1.82) is 0 Å². The van der Waals surface area contributed by atoms with Gasteiger partial charge in [-0.05, 0) is 135 Å². The van der Waals surface area contributed by atoms with Crippen molar-refractivity contribution in [2.24, 2.45) is 0 Å². The SMILES string of the molecule is Cc1ccc2c(c1)Oc1ccc(-c3c4ccccc4c(-c4ccc5c6c(cccc46)-c4ccc([Si](c6ccccc6)(c6ccccc6)c6ccccc6)cc4O5)c4ccccc34)c3cccc-2c13. The molecular formula is C65H42O2Si. The lowest BCUT2D eigenvalue weighted by Gasteiger charge is -2.35. The van der Waals surface area contributed by atoms with E-state index in [0.29, 0.717) is 0 Å². The Morgan fingerprint density at radius 1 is 0.265 bits per heavy atom. The topological polar surface area (TPSA) is 18.5 Å². The molecule has 0 unspecified atom stereocenters. The maximum absolute atomic E-state index is 7.15. The van der Waals surface area contributed by atoms with E-state index in [0.717, 1.165) is 44.9 Å². The molecule has 2 nitrogen and oxygen atoms in total. The normalized spacial score (nSPS) is 12.4. The molecule has 0 spiro atoms. The number of hydrogen-bond donors (Lipinski definition) is 0. The Morgan fingerprint density at radius 3 is 1.10 bits per heavy atom. The number of ether oxygens (including phenoxy) is 2. The van der Waals surface area contributed by atoms with Crippen LogP contribution in [0.5, 0.6) is 23.0 Å².